The Hall–Kier alpha value is -2.18. The van der Waals surface area contributed by atoms with Crippen LogP contribution in [0.3, 0.4) is 0 Å². The summed E-state index contributed by atoms with van der Waals surface area (Å²) in [6.45, 7) is 8.46. The van der Waals surface area contributed by atoms with Crippen molar-refractivity contribution in [1.82, 2.24) is 9.97 Å². The monoisotopic (exact) mass is 360 g/mol. The van der Waals surface area contributed by atoms with Gasteiger partial charge in [0.05, 0.1) is 31.2 Å². The SMILES string of the molecule is CCCOCCOc1cnc(-c2ccccc2OC(C)OCCC)nc1. The Bertz CT molecular complexity index is 634. The Morgan fingerprint density at radius 1 is 0.923 bits per heavy atom. The van der Waals surface area contributed by atoms with Crippen LogP contribution in [0, 0.1) is 0 Å². The van der Waals surface area contributed by atoms with Gasteiger partial charge in [0.1, 0.15) is 12.4 Å². The summed E-state index contributed by atoms with van der Waals surface area (Å²) in [6, 6.07) is 7.66. The summed E-state index contributed by atoms with van der Waals surface area (Å²) in [4.78, 5) is 8.79. The van der Waals surface area contributed by atoms with E-state index >= 15 is 0 Å². The molecule has 1 aromatic heterocycles. The van der Waals surface area contributed by atoms with Crippen molar-refractivity contribution in [2.45, 2.75) is 39.9 Å². The second-order valence-electron chi connectivity index (χ2n) is 5.76. The number of nitrogens with zero attached hydrogens (tertiary/aromatic N) is 2. The highest BCUT2D eigenvalue weighted by Crippen LogP contribution is 2.28. The van der Waals surface area contributed by atoms with Crippen LogP contribution in [-0.2, 0) is 9.47 Å². The average molecular weight is 360 g/mol. The molecule has 0 aliphatic rings. The van der Waals surface area contributed by atoms with Crippen molar-refractivity contribution >= 4 is 0 Å². The van der Waals surface area contributed by atoms with Gasteiger partial charge in [0.2, 0.25) is 0 Å². The third kappa shape index (κ3) is 6.61. The molecule has 0 aliphatic carbocycles. The summed E-state index contributed by atoms with van der Waals surface area (Å²) in [5.41, 5.74) is 0.817. The van der Waals surface area contributed by atoms with Crippen molar-refractivity contribution in [1.29, 1.82) is 0 Å². The summed E-state index contributed by atoms with van der Waals surface area (Å²) >= 11 is 0. The van der Waals surface area contributed by atoms with Gasteiger partial charge in [0.15, 0.2) is 17.9 Å². The Kier molecular flexibility index (Phi) is 8.86. The van der Waals surface area contributed by atoms with Crippen LogP contribution in [0.25, 0.3) is 11.4 Å². The molecule has 0 bridgehead atoms. The van der Waals surface area contributed by atoms with Crippen LogP contribution in [0.4, 0.5) is 0 Å². The second kappa shape index (κ2) is 11.4. The number of para-hydroxylation sites is 1. The molecule has 1 aromatic carbocycles. The standard InChI is InChI=1S/C20H28N2O4/c1-4-10-23-12-13-25-17-14-21-20(22-15-17)18-8-6-7-9-19(18)26-16(3)24-11-5-2/h6-9,14-16H,4-5,10-13H2,1-3H3. The highest BCUT2D eigenvalue weighted by Gasteiger charge is 2.12. The third-order valence-corrected chi connectivity index (χ3v) is 3.45. The molecule has 0 amide bonds. The maximum Gasteiger partial charge on any atom is 0.197 e. The van der Waals surface area contributed by atoms with Crippen LogP contribution in [0.5, 0.6) is 11.5 Å². The zero-order valence-electron chi connectivity index (χ0n) is 15.8. The Balaban J connectivity index is 1.97. The van der Waals surface area contributed by atoms with Crippen LogP contribution in [0.15, 0.2) is 36.7 Å². The lowest BCUT2D eigenvalue weighted by molar-refractivity contribution is -0.0660. The van der Waals surface area contributed by atoms with Gasteiger partial charge >= 0.3 is 0 Å². The zero-order chi connectivity index (χ0) is 18.6. The van der Waals surface area contributed by atoms with Gasteiger partial charge in [-0.2, -0.15) is 0 Å². The number of benzene rings is 1. The van der Waals surface area contributed by atoms with Gasteiger partial charge in [-0.25, -0.2) is 9.97 Å². The van der Waals surface area contributed by atoms with Crippen molar-refractivity contribution in [3.05, 3.63) is 36.7 Å². The first-order valence-corrected chi connectivity index (χ1v) is 9.14. The van der Waals surface area contributed by atoms with E-state index in [1.807, 2.05) is 31.2 Å². The van der Waals surface area contributed by atoms with Gasteiger partial charge in [0, 0.05) is 6.61 Å². The molecule has 2 aromatic rings. The van der Waals surface area contributed by atoms with E-state index in [-0.39, 0.29) is 6.29 Å². The summed E-state index contributed by atoms with van der Waals surface area (Å²) < 4.78 is 22.4. The molecule has 0 radical (unpaired) electrons. The van der Waals surface area contributed by atoms with Gasteiger partial charge < -0.3 is 18.9 Å². The molecule has 0 N–H and O–H groups in total. The molecular formula is C20H28N2O4. The summed E-state index contributed by atoms with van der Waals surface area (Å²) in [5, 5.41) is 0. The molecule has 1 atom stereocenters. The molecule has 0 saturated heterocycles. The maximum atomic E-state index is 5.88. The maximum absolute atomic E-state index is 5.88. The van der Waals surface area contributed by atoms with E-state index in [0.717, 1.165) is 25.0 Å². The summed E-state index contributed by atoms with van der Waals surface area (Å²) in [7, 11) is 0. The molecule has 1 heterocycles. The lowest BCUT2D eigenvalue weighted by Gasteiger charge is -2.17. The molecule has 6 nitrogen and oxygen atoms in total. The van der Waals surface area contributed by atoms with E-state index in [0.29, 0.717) is 37.1 Å². The topological polar surface area (TPSA) is 62.7 Å². The Labute approximate surface area is 155 Å². The van der Waals surface area contributed by atoms with Gasteiger partial charge in [-0.05, 0) is 31.9 Å². The molecular weight excluding hydrogens is 332 g/mol. The molecule has 6 heteroatoms. The van der Waals surface area contributed by atoms with E-state index in [2.05, 4.69) is 23.8 Å². The van der Waals surface area contributed by atoms with E-state index in [1.54, 1.807) is 12.4 Å². The largest absolute Gasteiger partial charge is 0.488 e. The molecule has 2 rings (SSSR count). The number of hydrogen-bond acceptors (Lipinski definition) is 6. The molecule has 142 valence electrons. The van der Waals surface area contributed by atoms with Crippen LogP contribution in [-0.4, -0.2) is 42.7 Å². The lowest BCUT2D eigenvalue weighted by atomic mass is 10.2. The highest BCUT2D eigenvalue weighted by atomic mass is 16.7. The minimum atomic E-state index is -0.332. The average Bonchev–Trinajstić information content (AvgIpc) is 2.67. The molecule has 26 heavy (non-hydrogen) atoms. The van der Waals surface area contributed by atoms with Gasteiger partial charge in [-0.1, -0.05) is 26.0 Å². The van der Waals surface area contributed by atoms with Crippen molar-refractivity contribution in [3.63, 3.8) is 0 Å². The first-order valence-electron chi connectivity index (χ1n) is 9.14. The molecule has 0 fully saturated rings. The van der Waals surface area contributed by atoms with E-state index in [4.69, 9.17) is 18.9 Å². The first-order chi connectivity index (χ1) is 12.7. The van der Waals surface area contributed by atoms with Crippen molar-refractivity contribution < 1.29 is 18.9 Å². The van der Waals surface area contributed by atoms with Crippen molar-refractivity contribution in [2.24, 2.45) is 0 Å². The predicted octanol–water partition coefficient (Wildman–Crippen LogP) is 4.10. The molecule has 0 saturated carbocycles. The second-order valence-corrected chi connectivity index (χ2v) is 5.76. The Morgan fingerprint density at radius 2 is 1.65 bits per heavy atom. The minimum Gasteiger partial charge on any atom is -0.488 e. The number of aromatic nitrogens is 2. The van der Waals surface area contributed by atoms with Crippen molar-refractivity contribution in [2.75, 3.05) is 26.4 Å². The zero-order valence-corrected chi connectivity index (χ0v) is 15.8. The van der Waals surface area contributed by atoms with Gasteiger partial charge in [-0.15, -0.1) is 0 Å². The summed E-state index contributed by atoms with van der Waals surface area (Å²) in [6.07, 6.45) is 4.94. The molecule has 1 unspecified atom stereocenters. The normalized spacial score (nSPS) is 12.0. The predicted molar refractivity (Wildman–Crippen MR) is 100 cm³/mol. The van der Waals surface area contributed by atoms with Crippen molar-refractivity contribution in [3.8, 4) is 22.9 Å². The van der Waals surface area contributed by atoms with Gasteiger partial charge in [-0.3, -0.25) is 0 Å². The van der Waals surface area contributed by atoms with Gasteiger partial charge in [0.25, 0.3) is 0 Å². The minimum absolute atomic E-state index is 0.332. The lowest BCUT2D eigenvalue weighted by Crippen LogP contribution is -2.17. The highest BCUT2D eigenvalue weighted by molar-refractivity contribution is 5.63. The van der Waals surface area contributed by atoms with Crippen LogP contribution < -0.4 is 9.47 Å². The van der Waals surface area contributed by atoms with Crippen LogP contribution in [0.2, 0.25) is 0 Å². The fourth-order valence-corrected chi connectivity index (χ4v) is 2.25. The number of hydrogen-bond donors (Lipinski definition) is 0. The quantitative estimate of drug-likeness (QED) is 0.419. The smallest absolute Gasteiger partial charge is 0.197 e. The van der Waals surface area contributed by atoms with Crippen LogP contribution in [0.1, 0.15) is 33.6 Å². The van der Waals surface area contributed by atoms with Crippen LogP contribution >= 0.6 is 0 Å². The first kappa shape index (κ1) is 20.1. The fourth-order valence-electron chi connectivity index (χ4n) is 2.25. The summed E-state index contributed by atoms with van der Waals surface area (Å²) in [5.74, 6) is 1.89. The Morgan fingerprint density at radius 3 is 2.38 bits per heavy atom. The van der Waals surface area contributed by atoms with E-state index in [1.165, 1.54) is 0 Å². The number of rotatable bonds is 12. The molecule has 0 aliphatic heterocycles. The van der Waals surface area contributed by atoms with E-state index < -0.39 is 0 Å². The third-order valence-electron chi connectivity index (χ3n) is 3.45. The number of ether oxygens (including phenoxy) is 4. The van der Waals surface area contributed by atoms with E-state index in [9.17, 15) is 0 Å². The molecule has 0 spiro atoms. The fraction of sp³-hybridized carbons (Fsp3) is 0.500.